The molecule has 1 aromatic rings. The molecule has 0 unspecified atom stereocenters. The second-order valence-corrected chi connectivity index (χ2v) is 5.18. The van der Waals surface area contributed by atoms with E-state index in [0.717, 1.165) is 36.9 Å². The molecule has 19 heavy (non-hydrogen) atoms. The number of nitrogens with one attached hydrogen (secondary N) is 1. The van der Waals surface area contributed by atoms with Crippen LogP contribution in [0.1, 0.15) is 48.0 Å². The molecule has 0 aromatic heterocycles. The number of rotatable bonds is 5. The zero-order valence-corrected chi connectivity index (χ0v) is 11.7. The van der Waals surface area contributed by atoms with Crippen LogP contribution in [0.2, 0.25) is 0 Å². The van der Waals surface area contributed by atoms with Gasteiger partial charge in [0, 0.05) is 0 Å². The monoisotopic (exact) mass is 261 g/mol. The molecule has 104 valence electrons. The lowest BCUT2D eigenvalue weighted by atomic mass is 9.97. The zero-order chi connectivity index (χ0) is 13.5. The van der Waals surface area contributed by atoms with Crippen molar-refractivity contribution >= 4 is 5.97 Å². The van der Waals surface area contributed by atoms with E-state index in [9.17, 15) is 4.79 Å². The minimum atomic E-state index is -0.154. The van der Waals surface area contributed by atoms with Gasteiger partial charge in [0.15, 0.2) is 0 Å². The Morgan fingerprint density at radius 2 is 2.00 bits per heavy atom. The fraction of sp³-hybridized carbons (Fsp3) is 0.562. The normalized spacial score (nSPS) is 16.3. The Balaban J connectivity index is 2.00. The van der Waals surface area contributed by atoms with Gasteiger partial charge in [-0.1, -0.05) is 24.6 Å². The van der Waals surface area contributed by atoms with Gasteiger partial charge in [0.05, 0.1) is 5.56 Å². The predicted octanol–water partition coefficient (Wildman–Crippen LogP) is 2.94. The van der Waals surface area contributed by atoms with Gasteiger partial charge in [-0.15, -0.1) is 0 Å². The van der Waals surface area contributed by atoms with Crippen LogP contribution in [-0.4, -0.2) is 25.7 Å². The maximum atomic E-state index is 12.3. The third-order valence-electron chi connectivity index (χ3n) is 3.71. The molecule has 1 N–H and O–H groups in total. The molecule has 0 amide bonds. The topological polar surface area (TPSA) is 38.3 Å². The summed E-state index contributed by atoms with van der Waals surface area (Å²) < 4.78 is 5.64. The van der Waals surface area contributed by atoms with E-state index < -0.39 is 0 Å². The fourth-order valence-electron chi connectivity index (χ4n) is 2.59. The Labute approximate surface area is 115 Å². The van der Waals surface area contributed by atoms with Crippen molar-refractivity contribution in [1.82, 2.24) is 5.32 Å². The van der Waals surface area contributed by atoms with Crippen molar-refractivity contribution in [3.8, 4) is 0 Å². The molecule has 1 fully saturated rings. The smallest absolute Gasteiger partial charge is 0.338 e. The minimum absolute atomic E-state index is 0.124. The maximum absolute atomic E-state index is 12.3. The summed E-state index contributed by atoms with van der Waals surface area (Å²) in [5, 5.41) is 3.11. The van der Waals surface area contributed by atoms with Crippen LogP contribution in [0.25, 0.3) is 0 Å². The largest absolute Gasteiger partial charge is 0.459 e. The van der Waals surface area contributed by atoms with Gasteiger partial charge >= 0.3 is 5.97 Å². The van der Waals surface area contributed by atoms with E-state index in [2.05, 4.69) is 5.32 Å². The van der Waals surface area contributed by atoms with Gasteiger partial charge in [-0.05, 0) is 57.3 Å². The van der Waals surface area contributed by atoms with Gasteiger partial charge in [-0.2, -0.15) is 0 Å². The van der Waals surface area contributed by atoms with Crippen LogP contribution in [0, 0.1) is 0 Å². The summed E-state index contributed by atoms with van der Waals surface area (Å²) in [6.07, 6.45) is 6.64. The van der Waals surface area contributed by atoms with Crippen molar-refractivity contribution in [2.45, 2.75) is 44.6 Å². The van der Waals surface area contributed by atoms with Crippen molar-refractivity contribution < 1.29 is 9.53 Å². The number of esters is 1. The summed E-state index contributed by atoms with van der Waals surface area (Å²) in [5.74, 6) is -0.154. The SMILES string of the molecule is CNCCc1ccccc1C(=O)OC1CCCCC1. The van der Waals surface area contributed by atoms with E-state index in [-0.39, 0.29) is 12.1 Å². The van der Waals surface area contributed by atoms with Crippen molar-refractivity contribution in [2.75, 3.05) is 13.6 Å². The molecular formula is C16H23NO2. The molecule has 2 rings (SSSR count). The van der Waals surface area contributed by atoms with Crippen molar-refractivity contribution in [1.29, 1.82) is 0 Å². The molecule has 0 heterocycles. The lowest BCUT2D eigenvalue weighted by Crippen LogP contribution is -2.22. The lowest BCUT2D eigenvalue weighted by Gasteiger charge is -2.22. The molecule has 0 aliphatic heterocycles. The van der Waals surface area contributed by atoms with Gasteiger partial charge in [0.1, 0.15) is 6.10 Å². The van der Waals surface area contributed by atoms with E-state index >= 15 is 0 Å². The highest BCUT2D eigenvalue weighted by Crippen LogP contribution is 2.22. The van der Waals surface area contributed by atoms with Crippen LogP contribution >= 0.6 is 0 Å². The van der Waals surface area contributed by atoms with Crippen LogP contribution in [0.5, 0.6) is 0 Å². The molecule has 1 saturated carbocycles. The van der Waals surface area contributed by atoms with E-state index in [4.69, 9.17) is 4.74 Å². The summed E-state index contributed by atoms with van der Waals surface area (Å²) in [7, 11) is 1.92. The first-order valence-electron chi connectivity index (χ1n) is 7.24. The summed E-state index contributed by atoms with van der Waals surface area (Å²) in [4.78, 5) is 12.3. The zero-order valence-electron chi connectivity index (χ0n) is 11.7. The Bertz CT molecular complexity index is 411. The minimum Gasteiger partial charge on any atom is -0.459 e. The molecule has 1 aliphatic rings. The van der Waals surface area contributed by atoms with Crippen molar-refractivity contribution in [3.05, 3.63) is 35.4 Å². The predicted molar refractivity (Wildman–Crippen MR) is 76.4 cm³/mol. The highest BCUT2D eigenvalue weighted by Gasteiger charge is 2.20. The first-order chi connectivity index (χ1) is 9.31. The number of hydrogen-bond acceptors (Lipinski definition) is 3. The molecule has 1 aliphatic carbocycles. The second kappa shape index (κ2) is 7.29. The number of carbonyl (C=O) groups excluding carboxylic acids is 1. The maximum Gasteiger partial charge on any atom is 0.338 e. The average Bonchev–Trinajstić information content (AvgIpc) is 2.46. The number of carbonyl (C=O) groups is 1. The second-order valence-electron chi connectivity index (χ2n) is 5.18. The van der Waals surface area contributed by atoms with Gasteiger partial charge in [-0.25, -0.2) is 4.79 Å². The average molecular weight is 261 g/mol. The molecule has 0 bridgehead atoms. The van der Waals surface area contributed by atoms with E-state index in [0.29, 0.717) is 0 Å². The first-order valence-corrected chi connectivity index (χ1v) is 7.24. The van der Waals surface area contributed by atoms with Crippen molar-refractivity contribution in [3.63, 3.8) is 0 Å². The highest BCUT2D eigenvalue weighted by atomic mass is 16.5. The fourth-order valence-corrected chi connectivity index (χ4v) is 2.59. The number of hydrogen-bond donors (Lipinski definition) is 1. The Kier molecular flexibility index (Phi) is 5.40. The summed E-state index contributed by atoms with van der Waals surface area (Å²) in [5.41, 5.74) is 1.79. The molecule has 0 radical (unpaired) electrons. The molecule has 0 atom stereocenters. The van der Waals surface area contributed by atoms with Crippen LogP contribution in [0.15, 0.2) is 24.3 Å². The number of likely N-dealkylation sites (N-methyl/N-ethyl adjacent to an activating group) is 1. The third-order valence-corrected chi connectivity index (χ3v) is 3.71. The van der Waals surface area contributed by atoms with Gasteiger partial charge in [0.2, 0.25) is 0 Å². The van der Waals surface area contributed by atoms with Gasteiger partial charge in [0.25, 0.3) is 0 Å². The summed E-state index contributed by atoms with van der Waals surface area (Å²) in [6, 6.07) is 7.76. The van der Waals surface area contributed by atoms with Crippen LogP contribution in [-0.2, 0) is 11.2 Å². The lowest BCUT2D eigenvalue weighted by molar-refractivity contribution is 0.0210. The van der Waals surface area contributed by atoms with E-state index in [1.807, 2.05) is 31.3 Å². The molecule has 3 heteroatoms. The van der Waals surface area contributed by atoms with Gasteiger partial charge in [-0.3, -0.25) is 0 Å². The summed E-state index contributed by atoms with van der Waals surface area (Å²) >= 11 is 0. The summed E-state index contributed by atoms with van der Waals surface area (Å²) in [6.45, 7) is 0.869. The van der Waals surface area contributed by atoms with Gasteiger partial charge < -0.3 is 10.1 Å². The highest BCUT2D eigenvalue weighted by molar-refractivity contribution is 5.91. The number of ether oxygens (including phenoxy) is 1. The Morgan fingerprint density at radius 3 is 2.74 bits per heavy atom. The molecule has 1 aromatic carbocycles. The quantitative estimate of drug-likeness (QED) is 0.828. The molecule has 0 saturated heterocycles. The Hall–Kier alpha value is -1.35. The third kappa shape index (κ3) is 4.06. The molecule has 3 nitrogen and oxygen atoms in total. The first kappa shape index (κ1) is 14.1. The van der Waals surface area contributed by atoms with Crippen LogP contribution < -0.4 is 5.32 Å². The Morgan fingerprint density at radius 1 is 1.26 bits per heavy atom. The van der Waals surface area contributed by atoms with E-state index in [1.54, 1.807) is 0 Å². The van der Waals surface area contributed by atoms with E-state index in [1.165, 1.54) is 19.3 Å². The van der Waals surface area contributed by atoms with Crippen molar-refractivity contribution in [2.24, 2.45) is 0 Å². The number of benzene rings is 1. The molecular weight excluding hydrogens is 238 g/mol. The van der Waals surface area contributed by atoms with Crippen LogP contribution in [0.3, 0.4) is 0 Å². The molecule has 0 spiro atoms. The van der Waals surface area contributed by atoms with Crippen LogP contribution in [0.4, 0.5) is 0 Å². The standard InChI is InChI=1S/C16H23NO2/c1-17-12-11-13-7-5-6-10-15(13)16(18)19-14-8-3-2-4-9-14/h5-7,10,14,17H,2-4,8-9,11-12H2,1H3.